The summed E-state index contributed by atoms with van der Waals surface area (Å²) in [6.07, 6.45) is 0. The Hall–Kier alpha value is -9.21. The number of hydrogen-bond donors (Lipinski definition) is 0. The molecule has 9 nitrogen and oxygen atoms in total. The van der Waals surface area contributed by atoms with Gasteiger partial charge in [0.25, 0.3) is 0 Å². The second-order valence-electron chi connectivity index (χ2n) is 15.7. The predicted molar refractivity (Wildman–Crippen MR) is 259 cm³/mol. The van der Waals surface area contributed by atoms with E-state index in [9.17, 15) is 0 Å². The van der Waals surface area contributed by atoms with Crippen molar-refractivity contribution in [3.63, 3.8) is 0 Å². The number of ether oxygens (including phenoxy) is 2. The van der Waals surface area contributed by atoms with Crippen molar-refractivity contribution in [1.82, 2.24) is 34.9 Å². The van der Waals surface area contributed by atoms with Gasteiger partial charge < -0.3 is 9.47 Å². The standard InChI is InChI=1S/C57H35N7O2/c1-5-17-36(18-6-1)46-35-47(37-19-7-2-8-20-37)60-56(59-46)44-33-41(29-31-42(44)40-30-32-50-51(34-40)66-49-28-16-15-27-48(49)65-50)55-62-54(39-23-11-4-12-24-39)63-57(64-55)52-43-25-13-14-26-45(43)58-53(61-52)38-21-9-3-10-22-38/h1-35H. The van der Waals surface area contributed by atoms with E-state index in [1.54, 1.807) is 0 Å². The molecule has 0 amide bonds. The van der Waals surface area contributed by atoms with Crippen LogP contribution in [0.25, 0.3) is 102 Å². The Morgan fingerprint density at radius 2 is 0.742 bits per heavy atom. The van der Waals surface area contributed by atoms with Crippen molar-refractivity contribution in [1.29, 1.82) is 0 Å². The number of hydrogen-bond acceptors (Lipinski definition) is 9. The lowest BCUT2D eigenvalue weighted by molar-refractivity contribution is 0.360. The maximum atomic E-state index is 6.42. The SMILES string of the molecule is c1ccc(-c2cc(-c3ccccc3)nc(-c3cc(-c4nc(-c5ccccc5)nc(-c5nc(-c6ccccc6)nc6ccccc56)n4)ccc3-c3ccc4c(c3)Oc3ccccc3O4)n2)cc1. The van der Waals surface area contributed by atoms with Crippen LogP contribution in [0, 0.1) is 0 Å². The first-order chi connectivity index (χ1) is 32.7. The van der Waals surface area contributed by atoms with Gasteiger partial charge in [0.05, 0.1) is 16.9 Å². The van der Waals surface area contributed by atoms with Gasteiger partial charge in [0, 0.05) is 38.8 Å². The van der Waals surface area contributed by atoms with E-state index in [0.29, 0.717) is 57.8 Å². The molecule has 0 fully saturated rings. The maximum absolute atomic E-state index is 6.42. The van der Waals surface area contributed by atoms with Crippen molar-refractivity contribution in [2.24, 2.45) is 0 Å². The largest absolute Gasteiger partial charge is 0.450 e. The molecular weight excluding hydrogens is 815 g/mol. The molecule has 4 heterocycles. The molecule has 12 rings (SSSR count). The molecule has 11 aromatic rings. The quantitative estimate of drug-likeness (QED) is 0.148. The topological polar surface area (TPSA) is 109 Å². The van der Waals surface area contributed by atoms with Crippen molar-refractivity contribution in [3.8, 4) is 114 Å². The Kier molecular flexibility index (Phi) is 9.61. The van der Waals surface area contributed by atoms with Crippen molar-refractivity contribution in [2.45, 2.75) is 0 Å². The van der Waals surface area contributed by atoms with Crippen LogP contribution in [0.3, 0.4) is 0 Å². The van der Waals surface area contributed by atoms with E-state index in [-0.39, 0.29) is 0 Å². The fourth-order valence-electron chi connectivity index (χ4n) is 8.19. The van der Waals surface area contributed by atoms with Crippen LogP contribution in [0.2, 0.25) is 0 Å². The van der Waals surface area contributed by atoms with Crippen molar-refractivity contribution in [3.05, 3.63) is 212 Å². The molecule has 0 radical (unpaired) electrons. The third-order valence-corrected chi connectivity index (χ3v) is 11.4. The number of fused-ring (bicyclic) bond motifs is 3. The zero-order valence-corrected chi connectivity index (χ0v) is 35.2. The lowest BCUT2D eigenvalue weighted by Crippen LogP contribution is -2.04. The molecule has 0 spiro atoms. The summed E-state index contributed by atoms with van der Waals surface area (Å²) in [7, 11) is 0. The van der Waals surface area contributed by atoms with Gasteiger partial charge in [-0.1, -0.05) is 170 Å². The first-order valence-corrected chi connectivity index (χ1v) is 21.5. The van der Waals surface area contributed by atoms with Crippen LogP contribution < -0.4 is 9.47 Å². The van der Waals surface area contributed by atoms with Crippen LogP contribution in [0.5, 0.6) is 23.0 Å². The molecule has 1 aliphatic rings. The van der Waals surface area contributed by atoms with E-state index < -0.39 is 0 Å². The smallest absolute Gasteiger partial charge is 0.183 e. The van der Waals surface area contributed by atoms with E-state index in [0.717, 1.165) is 66.8 Å². The van der Waals surface area contributed by atoms with Gasteiger partial charge in [0.15, 0.2) is 52.1 Å². The molecule has 0 aliphatic carbocycles. The monoisotopic (exact) mass is 849 g/mol. The second kappa shape index (κ2) is 16.5. The molecule has 0 atom stereocenters. The van der Waals surface area contributed by atoms with E-state index in [1.807, 2.05) is 176 Å². The molecule has 3 aromatic heterocycles. The Morgan fingerprint density at radius 1 is 0.258 bits per heavy atom. The summed E-state index contributed by atoms with van der Waals surface area (Å²) in [4.78, 5) is 36.2. The molecule has 9 heteroatoms. The summed E-state index contributed by atoms with van der Waals surface area (Å²) in [6.45, 7) is 0. The summed E-state index contributed by atoms with van der Waals surface area (Å²) < 4.78 is 12.7. The predicted octanol–water partition coefficient (Wildman–Crippen LogP) is 13.8. The van der Waals surface area contributed by atoms with Gasteiger partial charge in [0.2, 0.25) is 0 Å². The van der Waals surface area contributed by atoms with E-state index in [4.69, 9.17) is 44.4 Å². The highest BCUT2D eigenvalue weighted by Gasteiger charge is 2.23. The van der Waals surface area contributed by atoms with Gasteiger partial charge in [-0.25, -0.2) is 34.9 Å². The van der Waals surface area contributed by atoms with E-state index >= 15 is 0 Å². The number of rotatable bonds is 8. The first-order valence-electron chi connectivity index (χ1n) is 21.5. The minimum Gasteiger partial charge on any atom is -0.450 e. The molecule has 66 heavy (non-hydrogen) atoms. The van der Waals surface area contributed by atoms with Gasteiger partial charge >= 0.3 is 0 Å². The average molecular weight is 850 g/mol. The van der Waals surface area contributed by atoms with Gasteiger partial charge in [-0.3, -0.25) is 0 Å². The van der Waals surface area contributed by atoms with Crippen LogP contribution in [-0.4, -0.2) is 34.9 Å². The highest BCUT2D eigenvalue weighted by Crippen LogP contribution is 2.47. The second-order valence-corrected chi connectivity index (χ2v) is 15.7. The minimum absolute atomic E-state index is 0.418. The fraction of sp³-hybridized carbons (Fsp3) is 0. The van der Waals surface area contributed by atoms with E-state index in [2.05, 4.69) is 36.4 Å². The fourth-order valence-corrected chi connectivity index (χ4v) is 8.19. The first kappa shape index (κ1) is 38.5. The minimum atomic E-state index is 0.418. The third kappa shape index (κ3) is 7.36. The van der Waals surface area contributed by atoms with Gasteiger partial charge in [0.1, 0.15) is 5.69 Å². The van der Waals surface area contributed by atoms with Crippen LogP contribution in [0.15, 0.2) is 212 Å². The van der Waals surface area contributed by atoms with Crippen molar-refractivity contribution < 1.29 is 9.47 Å². The number of aromatic nitrogens is 7. The summed E-state index contributed by atoms with van der Waals surface area (Å²) >= 11 is 0. The van der Waals surface area contributed by atoms with Crippen LogP contribution in [0.1, 0.15) is 0 Å². The van der Waals surface area contributed by atoms with Crippen LogP contribution in [0.4, 0.5) is 0 Å². The van der Waals surface area contributed by atoms with Crippen molar-refractivity contribution in [2.75, 3.05) is 0 Å². The van der Waals surface area contributed by atoms with Gasteiger partial charge in [-0.05, 0) is 53.6 Å². The molecular formula is C57H35N7O2. The highest BCUT2D eigenvalue weighted by atomic mass is 16.6. The van der Waals surface area contributed by atoms with Gasteiger partial charge in [-0.2, -0.15) is 0 Å². The van der Waals surface area contributed by atoms with Gasteiger partial charge in [-0.15, -0.1) is 0 Å². The lowest BCUT2D eigenvalue weighted by atomic mass is 9.95. The Morgan fingerprint density at radius 3 is 1.38 bits per heavy atom. The summed E-state index contributed by atoms with van der Waals surface area (Å²) in [5.74, 6) is 5.03. The summed E-state index contributed by atoms with van der Waals surface area (Å²) in [5.41, 5.74) is 9.87. The highest BCUT2D eigenvalue weighted by molar-refractivity contribution is 5.93. The zero-order chi connectivity index (χ0) is 43.8. The number of benzene rings is 8. The van der Waals surface area contributed by atoms with Crippen LogP contribution in [-0.2, 0) is 0 Å². The molecule has 0 unspecified atom stereocenters. The van der Waals surface area contributed by atoms with Crippen molar-refractivity contribution >= 4 is 10.9 Å². The summed E-state index contributed by atoms with van der Waals surface area (Å²) in [5, 5.41) is 0.824. The van der Waals surface area contributed by atoms with Crippen LogP contribution >= 0.6 is 0 Å². The molecule has 1 aliphatic heterocycles. The molecule has 8 aromatic carbocycles. The average Bonchev–Trinajstić information content (AvgIpc) is 3.40. The molecule has 0 saturated carbocycles. The summed E-state index contributed by atoms with van der Waals surface area (Å²) in [6, 6.07) is 70.0. The van der Waals surface area contributed by atoms with E-state index in [1.165, 1.54) is 0 Å². The normalized spacial score (nSPS) is 11.6. The molecule has 0 bridgehead atoms. The molecule has 0 saturated heterocycles. The number of nitrogens with zero attached hydrogens (tertiary/aromatic N) is 7. The number of para-hydroxylation sites is 3. The molecule has 0 N–H and O–H groups in total. The Labute approximate surface area is 379 Å². The maximum Gasteiger partial charge on any atom is 0.183 e. The third-order valence-electron chi connectivity index (χ3n) is 11.4. The lowest BCUT2D eigenvalue weighted by Gasteiger charge is -2.21. The zero-order valence-electron chi connectivity index (χ0n) is 35.2. The Balaban J connectivity index is 1.09. The Bertz CT molecular complexity index is 3530. The molecule has 310 valence electrons.